The summed E-state index contributed by atoms with van der Waals surface area (Å²) in [5, 5.41) is 12.8. The van der Waals surface area contributed by atoms with Crippen molar-refractivity contribution in [2.75, 3.05) is 18.9 Å². The zero-order valence-corrected chi connectivity index (χ0v) is 11.8. The highest BCUT2D eigenvalue weighted by Crippen LogP contribution is 2.29. The van der Waals surface area contributed by atoms with Crippen LogP contribution in [-0.2, 0) is 11.2 Å². The summed E-state index contributed by atoms with van der Waals surface area (Å²) in [4.78, 5) is 14.1. The zero-order valence-electron chi connectivity index (χ0n) is 11.8. The quantitative estimate of drug-likeness (QED) is 0.868. The number of hydrogen-bond donors (Lipinski definition) is 2. The zero-order chi connectivity index (χ0) is 14.0. The molecule has 1 aromatic carbocycles. The fraction of sp³-hybridized carbons (Fsp3) is 0.533. The highest BCUT2D eigenvalue weighted by Gasteiger charge is 2.32. The predicted octanol–water partition coefficient (Wildman–Crippen LogP) is 1.50. The SMILES string of the molecule is CC(O)CN(C)C(=O)C1Cc2ccccc2NC1C. The van der Waals surface area contributed by atoms with Crippen LogP contribution in [0, 0.1) is 5.92 Å². The number of aliphatic hydroxyl groups is 1. The number of benzene rings is 1. The third-order valence-electron chi connectivity index (χ3n) is 3.68. The van der Waals surface area contributed by atoms with Gasteiger partial charge in [0.1, 0.15) is 0 Å². The molecule has 1 amide bonds. The first-order chi connectivity index (χ1) is 8.99. The van der Waals surface area contributed by atoms with Gasteiger partial charge in [-0.2, -0.15) is 0 Å². The van der Waals surface area contributed by atoms with E-state index in [4.69, 9.17) is 0 Å². The monoisotopic (exact) mass is 262 g/mol. The Labute approximate surface area is 114 Å². The molecule has 0 radical (unpaired) electrons. The van der Waals surface area contributed by atoms with Gasteiger partial charge in [-0.3, -0.25) is 4.79 Å². The predicted molar refractivity (Wildman–Crippen MR) is 76.0 cm³/mol. The van der Waals surface area contributed by atoms with Crippen LogP contribution >= 0.6 is 0 Å². The van der Waals surface area contributed by atoms with E-state index in [1.807, 2.05) is 25.1 Å². The Morgan fingerprint density at radius 1 is 1.53 bits per heavy atom. The van der Waals surface area contributed by atoms with Crippen molar-refractivity contribution >= 4 is 11.6 Å². The average Bonchev–Trinajstić information content (AvgIpc) is 2.36. The molecule has 4 heteroatoms. The summed E-state index contributed by atoms with van der Waals surface area (Å²) in [6.07, 6.45) is 0.265. The minimum absolute atomic E-state index is 0.0707. The molecule has 1 heterocycles. The first-order valence-corrected chi connectivity index (χ1v) is 6.76. The molecule has 1 aliphatic heterocycles. The van der Waals surface area contributed by atoms with Crippen LogP contribution in [0.15, 0.2) is 24.3 Å². The van der Waals surface area contributed by atoms with E-state index >= 15 is 0 Å². The van der Waals surface area contributed by atoms with Gasteiger partial charge in [0, 0.05) is 25.3 Å². The number of nitrogens with one attached hydrogen (secondary N) is 1. The number of amides is 1. The van der Waals surface area contributed by atoms with Crippen LogP contribution in [0.1, 0.15) is 19.4 Å². The average molecular weight is 262 g/mol. The summed E-state index contributed by atoms with van der Waals surface area (Å²) in [6.45, 7) is 4.11. The van der Waals surface area contributed by atoms with Gasteiger partial charge in [0.25, 0.3) is 0 Å². The number of likely N-dealkylation sites (N-methyl/N-ethyl adjacent to an activating group) is 1. The summed E-state index contributed by atoms with van der Waals surface area (Å²) in [7, 11) is 1.75. The molecule has 0 fully saturated rings. The molecule has 104 valence electrons. The molecule has 0 saturated carbocycles. The van der Waals surface area contributed by atoms with Crippen LogP contribution in [0.3, 0.4) is 0 Å². The normalized spacial score (nSPS) is 23.2. The van der Waals surface area contributed by atoms with E-state index in [-0.39, 0.29) is 17.9 Å². The van der Waals surface area contributed by atoms with Gasteiger partial charge in [-0.05, 0) is 31.9 Å². The van der Waals surface area contributed by atoms with Crippen molar-refractivity contribution < 1.29 is 9.90 Å². The Bertz CT molecular complexity index is 459. The van der Waals surface area contributed by atoms with E-state index in [2.05, 4.69) is 11.4 Å². The van der Waals surface area contributed by atoms with Gasteiger partial charge in [-0.25, -0.2) is 0 Å². The first kappa shape index (κ1) is 13.9. The van der Waals surface area contributed by atoms with Crippen molar-refractivity contribution in [3.8, 4) is 0 Å². The van der Waals surface area contributed by atoms with E-state index in [0.717, 1.165) is 12.1 Å². The lowest BCUT2D eigenvalue weighted by Crippen LogP contribution is -2.45. The summed E-state index contributed by atoms with van der Waals surface area (Å²) >= 11 is 0. The summed E-state index contributed by atoms with van der Waals surface area (Å²) in [5.41, 5.74) is 2.31. The third kappa shape index (κ3) is 3.07. The van der Waals surface area contributed by atoms with Crippen LogP contribution in [-0.4, -0.2) is 41.7 Å². The maximum absolute atomic E-state index is 12.4. The molecule has 0 bridgehead atoms. The van der Waals surface area contributed by atoms with Gasteiger partial charge in [0.15, 0.2) is 0 Å². The molecule has 1 aromatic rings. The molecule has 2 N–H and O–H groups in total. The number of carbonyl (C=O) groups is 1. The number of anilines is 1. The smallest absolute Gasteiger partial charge is 0.227 e. The van der Waals surface area contributed by atoms with Crippen LogP contribution < -0.4 is 5.32 Å². The second-order valence-electron chi connectivity index (χ2n) is 5.47. The van der Waals surface area contributed by atoms with Gasteiger partial charge in [-0.1, -0.05) is 18.2 Å². The summed E-state index contributed by atoms with van der Waals surface area (Å²) in [5.74, 6) is 0.0223. The molecule has 0 aromatic heterocycles. The number of carbonyl (C=O) groups excluding carboxylic acids is 1. The van der Waals surface area contributed by atoms with Gasteiger partial charge >= 0.3 is 0 Å². The molecule has 3 atom stereocenters. The fourth-order valence-electron chi connectivity index (χ4n) is 2.67. The second-order valence-corrected chi connectivity index (χ2v) is 5.47. The molecule has 0 saturated heterocycles. The van der Waals surface area contributed by atoms with Crippen molar-refractivity contribution in [3.05, 3.63) is 29.8 Å². The van der Waals surface area contributed by atoms with Crippen LogP contribution in [0.25, 0.3) is 0 Å². The van der Waals surface area contributed by atoms with Crippen molar-refractivity contribution in [3.63, 3.8) is 0 Å². The lowest BCUT2D eigenvalue weighted by atomic mass is 9.87. The Morgan fingerprint density at radius 3 is 2.89 bits per heavy atom. The largest absolute Gasteiger partial charge is 0.392 e. The third-order valence-corrected chi connectivity index (χ3v) is 3.68. The fourth-order valence-corrected chi connectivity index (χ4v) is 2.67. The number of aliphatic hydroxyl groups excluding tert-OH is 1. The number of hydrogen-bond acceptors (Lipinski definition) is 3. The molecular formula is C15H22N2O2. The van der Waals surface area contributed by atoms with E-state index in [9.17, 15) is 9.90 Å². The minimum Gasteiger partial charge on any atom is -0.392 e. The molecule has 0 spiro atoms. The molecular weight excluding hydrogens is 240 g/mol. The minimum atomic E-state index is -0.493. The van der Waals surface area contributed by atoms with E-state index < -0.39 is 6.10 Å². The lowest BCUT2D eigenvalue weighted by Gasteiger charge is -2.34. The molecule has 2 rings (SSSR count). The molecule has 19 heavy (non-hydrogen) atoms. The van der Waals surface area contributed by atoms with Gasteiger partial charge in [-0.15, -0.1) is 0 Å². The van der Waals surface area contributed by atoms with E-state index in [1.54, 1.807) is 18.9 Å². The van der Waals surface area contributed by atoms with Gasteiger partial charge in [0.05, 0.1) is 12.0 Å². The highest BCUT2D eigenvalue weighted by atomic mass is 16.3. The Balaban J connectivity index is 2.11. The molecule has 3 unspecified atom stereocenters. The van der Waals surface area contributed by atoms with Crippen molar-refractivity contribution in [2.45, 2.75) is 32.4 Å². The first-order valence-electron chi connectivity index (χ1n) is 6.76. The van der Waals surface area contributed by atoms with Crippen molar-refractivity contribution in [1.29, 1.82) is 0 Å². The molecule has 4 nitrogen and oxygen atoms in total. The lowest BCUT2D eigenvalue weighted by molar-refractivity contribution is -0.135. The second kappa shape index (κ2) is 5.61. The number of nitrogens with zero attached hydrogens (tertiary/aromatic N) is 1. The summed E-state index contributed by atoms with van der Waals surface area (Å²) in [6, 6.07) is 8.21. The highest BCUT2D eigenvalue weighted by molar-refractivity contribution is 5.81. The number of para-hydroxylation sites is 1. The standard InChI is InChI=1S/C15H22N2O2/c1-10(18)9-17(3)15(19)13-8-12-6-4-5-7-14(12)16-11(13)2/h4-7,10-11,13,16,18H,8-9H2,1-3H3. The Kier molecular flexibility index (Phi) is 4.10. The number of rotatable bonds is 3. The van der Waals surface area contributed by atoms with E-state index in [1.165, 1.54) is 5.56 Å². The van der Waals surface area contributed by atoms with Gasteiger partial charge in [0.2, 0.25) is 5.91 Å². The molecule has 1 aliphatic rings. The van der Waals surface area contributed by atoms with Crippen LogP contribution in [0.4, 0.5) is 5.69 Å². The maximum Gasteiger partial charge on any atom is 0.227 e. The van der Waals surface area contributed by atoms with Crippen LogP contribution in [0.5, 0.6) is 0 Å². The Hall–Kier alpha value is -1.55. The Morgan fingerprint density at radius 2 is 2.21 bits per heavy atom. The molecule has 0 aliphatic carbocycles. The maximum atomic E-state index is 12.4. The topological polar surface area (TPSA) is 52.6 Å². The summed E-state index contributed by atoms with van der Waals surface area (Å²) < 4.78 is 0. The van der Waals surface area contributed by atoms with Crippen molar-refractivity contribution in [1.82, 2.24) is 4.90 Å². The number of fused-ring (bicyclic) bond motifs is 1. The van der Waals surface area contributed by atoms with Crippen LogP contribution in [0.2, 0.25) is 0 Å². The van der Waals surface area contributed by atoms with Crippen molar-refractivity contribution in [2.24, 2.45) is 5.92 Å². The van der Waals surface area contributed by atoms with E-state index in [0.29, 0.717) is 6.54 Å². The van der Waals surface area contributed by atoms with Gasteiger partial charge < -0.3 is 15.3 Å².